The summed E-state index contributed by atoms with van der Waals surface area (Å²) in [6, 6.07) is 0. The van der Waals surface area contributed by atoms with Crippen molar-refractivity contribution in [3.05, 3.63) is 36.5 Å². The van der Waals surface area contributed by atoms with E-state index in [1.54, 1.807) is 0 Å². The lowest BCUT2D eigenvalue weighted by Gasteiger charge is -2.15. The molecule has 0 aliphatic carbocycles. The van der Waals surface area contributed by atoms with E-state index in [0.717, 1.165) is 83.5 Å². The van der Waals surface area contributed by atoms with Gasteiger partial charge < -0.3 is 9.47 Å². The van der Waals surface area contributed by atoms with E-state index in [1.165, 1.54) is 57.8 Å². The molecule has 0 N–H and O–H groups in total. The van der Waals surface area contributed by atoms with Crippen LogP contribution in [0.5, 0.6) is 0 Å². The third kappa shape index (κ3) is 33.3. The lowest BCUT2D eigenvalue weighted by Crippen LogP contribution is -2.26. The minimum Gasteiger partial charge on any atom is -0.462 e. The summed E-state index contributed by atoms with van der Waals surface area (Å²) in [5, 5.41) is 0. The monoisotopic (exact) mass is 642 g/mol. The van der Waals surface area contributed by atoms with Crippen molar-refractivity contribution in [2.24, 2.45) is 0 Å². The van der Waals surface area contributed by atoms with Crippen molar-refractivity contribution < 1.29 is 25.9 Å². The van der Waals surface area contributed by atoms with Gasteiger partial charge in [0.25, 0.3) is 0 Å². The van der Waals surface area contributed by atoms with E-state index in [2.05, 4.69) is 50.3 Å². The van der Waals surface area contributed by atoms with E-state index >= 15 is 0 Å². The van der Waals surface area contributed by atoms with Gasteiger partial charge in [-0.25, -0.2) is 0 Å². The van der Waals surface area contributed by atoms with Crippen molar-refractivity contribution in [3.8, 4) is 0 Å². The molecule has 0 bridgehead atoms. The van der Waals surface area contributed by atoms with Crippen LogP contribution in [0.25, 0.3) is 0 Å². The largest absolute Gasteiger partial charge is 0.462 e. The Kier molecular flexibility index (Phi) is 27.6. The summed E-state index contributed by atoms with van der Waals surface area (Å²) in [6.45, 7) is 1.15. The van der Waals surface area contributed by atoms with Gasteiger partial charge >= 0.3 is 11.9 Å². The van der Waals surface area contributed by atoms with Crippen LogP contribution in [-0.2, 0) is 19.1 Å². The van der Waals surface area contributed by atoms with E-state index in [-0.39, 0.29) is 12.8 Å². The predicted octanol–water partition coefficient (Wildman–Crippen LogP) is 12.5. The highest BCUT2D eigenvalue weighted by molar-refractivity contribution is 6.18. The molecule has 1 atom stereocenters. The number of allylic oxidation sites excluding steroid dienone is 6. The van der Waals surface area contributed by atoms with Crippen molar-refractivity contribution in [1.82, 2.24) is 0 Å². The summed E-state index contributed by atoms with van der Waals surface area (Å²) in [5.41, 5.74) is 0. The quantitative estimate of drug-likeness (QED) is 0.0309. The number of alkyl halides is 1. The summed E-state index contributed by atoms with van der Waals surface area (Å²) in [5.74, 6) is -5.03. The van der Waals surface area contributed by atoms with Gasteiger partial charge in [-0.05, 0) is 70.6 Å². The first-order valence-corrected chi connectivity index (χ1v) is 18.4. The Morgan fingerprint density at radius 1 is 0.591 bits per heavy atom. The fourth-order valence-electron chi connectivity index (χ4n) is 4.80. The molecule has 0 fully saturated rings. The maximum absolute atomic E-state index is 12.5. The molecule has 0 aliphatic rings. The second-order valence-corrected chi connectivity index (χ2v) is 12.0. The number of carbonyl (C=O) groups excluding carboxylic acids is 2. The summed E-state index contributed by atoms with van der Waals surface area (Å²) >= 11 is 5.72. The molecule has 0 saturated heterocycles. The van der Waals surface area contributed by atoms with Gasteiger partial charge in [-0.15, -0.1) is 11.6 Å². The Morgan fingerprint density at radius 3 is 1.48 bits per heavy atom. The van der Waals surface area contributed by atoms with Crippen LogP contribution in [0, 0.1) is 0 Å². The zero-order chi connectivity index (χ0) is 36.7. The van der Waals surface area contributed by atoms with E-state index in [9.17, 15) is 9.59 Å². The topological polar surface area (TPSA) is 52.6 Å². The molecule has 256 valence electrons. The first-order valence-electron chi connectivity index (χ1n) is 20.5. The van der Waals surface area contributed by atoms with Gasteiger partial charge in [-0.1, -0.05) is 134 Å². The first-order chi connectivity index (χ1) is 23.4. The van der Waals surface area contributed by atoms with Crippen LogP contribution < -0.4 is 0 Å². The molecular formula is C39H69ClO4. The van der Waals surface area contributed by atoms with Crippen LogP contribution in [-0.4, -0.2) is 30.4 Å². The van der Waals surface area contributed by atoms with Gasteiger partial charge in [0.15, 0.2) is 0 Å². The molecule has 0 aromatic heterocycles. The molecule has 1 unspecified atom stereocenters. The van der Waals surface area contributed by atoms with E-state index in [4.69, 9.17) is 27.9 Å². The summed E-state index contributed by atoms with van der Waals surface area (Å²) in [7, 11) is 0. The van der Waals surface area contributed by atoms with E-state index in [0.29, 0.717) is 12.8 Å². The molecule has 0 saturated carbocycles. The van der Waals surface area contributed by atoms with Gasteiger partial charge in [0.05, 0.1) is 9.94 Å². The molecule has 0 aromatic rings. The average molecular weight is 642 g/mol. The van der Waals surface area contributed by atoms with Crippen LogP contribution in [0.2, 0.25) is 0 Å². The molecular weight excluding hydrogens is 568 g/mol. The van der Waals surface area contributed by atoms with Crippen LogP contribution in [0.1, 0.15) is 188 Å². The van der Waals surface area contributed by atoms with Crippen molar-refractivity contribution in [1.29, 1.82) is 0 Å². The number of unbranched alkanes of at least 4 members (excludes halogenated alkanes) is 19. The number of hydrogen-bond acceptors (Lipinski definition) is 4. The van der Waals surface area contributed by atoms with Crippen LogP contribution in [0.3, 0.4) is 0 Å². The van der Waals surface area contributed by atoms with Gasteiger partial charge in [0.2, 0.25) is 0 Å². The number of ether oxygens (including phenoxy) is 2. The maximum Gasteiger partial charge on any atom is 0.306 e. The zero-order valence-electron chi connectivity index (χ0n) is 33.4. The molecule has 0 amide bonds. The van der Waals surface area contributed by atoms with Crippen molar-refractivity contribution >= 4 is 23.5 Å². The number of halogens is 1. The highest BCUT2D eigenvalue weighted by atomic mass is 35.5. The van der Waals surface area contributed by atoms with E-state index in [1.807, 2.05) is 0 Å². The minimum absolute atomic E-state index is 0.0891. The molecule has 0 heterocycles. The number of rotatable bonds is 33. The molecule has 0 aromatic carbocycles. The Hall–Kier alpha value is -1.55. The Morgan fingerprint density at radius 2 is 0.977 bits per heavy atom. The molecule has 0 radical (unpaired) electrons. The molecule has 5 heteroatoms. The molecule has 44 heavy (non-hydrogen) atoms. The number of carbonyl (C=O) groups is 2. The highest BCUT2D eigenvalue weighted by Gasteiger charge is 2.16. The average Bonchev–Trinajstić information content (AvgIpc) is 3.03. The predicted molar refractivity (Wildman–Crippen MR) is 190 cm³/mol. The molecule has 0 rings (SSSR count). The standard InChI is InChI=1S/C39H69ClO4/c1-3-5-7-9-11-13-15-17-19-21-23-25-27-29-31-33-38(41)43-36-37(35-40)44-39(42)34-32-30-28-26-24-22-20-18-16-14-12-10-8-6-4-2/h11,13,17-20,37H,3-10,12,14-16,21-36H2,1-2H3/b13-11-,19-17-,20-18-/i35D2,36D2,37D. The van der Waals surface area contributed by atoms with Gasteiger partial charge in [0.1, 0.15) is 12.6 Å². The van der Waals surface area contributed by atoms with Crippen molar-refractivity contribution in [2.75, 3.05) is 12.4 Å². The lowest BCUT2D eigenvalue weighted by molar-refractivity contribution is -0.157. The van der Waals surface area contributed by atoms with Gasteiger partial charge in [-0.3, -0.25) is 9.59 Å². The minimum atomic E-state index is -3.29. The zero-order valence-corrected chi connectivity index (χ0v) is 29.1. The van der Waals surface area contributed by atoms with Crippen LogP contribution in [0.15, 0.2) is 36.5 Å². The fraction of sp³-hybridized carbons (Fsp3) is 0.795. The number of hydrogen-bond donors (Lipinski definition) is 0. The maximum atomic E-state index is 12.5. The van der Waals surface area contributed by atoms with Crippen molar-refractivity contribution in [2.45, 2.75) is 187 Å². The summed E-state index contributed by atoms with van der Waals surface area (Å²) < 4.78 is 50.2. The lowest BCUT2D eigenvalue weighted by atomic mass is 10.1. The first kappa shape index (κ1) is 33.8. The van der Waals surface area contributed by atoms with Gasteiger partial charge in [-0.2, -0.15) is 0 Å². The van der Waals surface area contributed by atoms with E-state index < -0.39 is 30.4 Å². The third-order valence-corrected chi connectivity index (χ3v) is 7.71. The Bertz CT molecular complexity index is 920. The highest BCUT2D eigenvalue weighted by Crippen LogP contribution is 2.12. The summed E-state index contributed by atoms with van der Waals surface area (Å²) in [4.78, 5) is 24.9. The Labute approximate surface area is 284 Å². The van der Waals surface area contributed by atoms with Crippen molar-refractivity contribution in [3.63, 3.8) is 0 Å². The second-order valence-electron chi connectivity index (χ2n) is 11.8. The smallest absolute Gasteiger partial charge is 0.306 e. The second kappa shape index (κ2) is 35.9. The molecule has 0 spiro atoms. The third-order valence-electron chi connectivity index (χ3n) is 7.53. The fourth-order valence-corrected chi connectivity index (χ4v) is 4.88. The normalized spacial score (nSPS) is 15.6. The number of esters is 2. The molecule has 0 aliphatic heterocycles. The van der Waals surface area contributed by atoms with Crippen LogP contribution in [0.4, 0.5) is 0 Å². The SMILES string of the molecule is [2H]C([2H])(Cl)C([2H])(OC(=O)CCCCCCC/C=C\CCCCCCCC)C([2H])([2H])OC(=O)CCCCCCC/C=C\C/C=C\CCCCC. The Balaban J connectivity index is 4.27. The summed E-state index contributed by atoms with van der Waals surface area (Å²) in [6.07, 6.45) is 35.3. The molecule has 4 nitrogen and oxygen atoms in total. The van der Waals surface area contributed by atoms with Crippen LogP contribution >= 0.6 is 11.6 Å². The van der Waals surface area contributed by atoms with Gasteiger partial charge in [0, 0.05) is 15.6 Å².